The molecule has 33 heavy (non-hydrogen) atoms. The molecule has 5 aromatic carbocycles. The highest BCUT2D eigenvalue weighted by atomic mass is 32.1. The third kappa shape index (κ3) is 2.45. The van der Waals surface area contributed by atoms with Crippen molar-refractivity contribution in [2.45, 2.75) is 6.92 Å². The first kappa shape index (κ1) is 19.0. The van der Waals surface area contributed by atoms with Gasteiger partial charge in [0, 0.05) is 20.2 Å². The van der Waals surface area contributed by atoms with Gasteiger partial charge in [-0.05, 0) is 56.5 Å². The zero-order valence-corrected chi connectivity index (χ0v) is 20.2. The van der Waals surface area contributed by atoms with Crippen LogP contribution in [0.4, 0.5) is 0 Å². The lowest BCUT2D eigenvalue weighted by Crippen LogP contribution is -2.73. The van der Waals surface area contributed by atoms with Crippen LogP contribution in [0, 0.1) is 6.92 Å². The summed E-state index contributed by atoms with van der Waals surface area (Å²) >= 11 is 1.93. The van der Waals surface area contributed by atoms with Gasteiger partial charge in [0.2, 0.25) is 0 Å². The van der Waals surface area contributed by atoms with Gasteiger partial charge in [0.15, 0.2) is 8.07 Å². The third-order valence-electron chi connectivity index (χ3n) is 7.25. The summed E-state index contributed by atoms with van der Waals surface area (Å²) in [5.41, 5.74) is 4.26. The second-order valence-electron chi connectivity index (χ2n) is 8.94. The zero-order valence-electron chi connectivity index (χ0n) is 18.4. The first-order chi connectivity index (χ1) is 16.3. The second kappa shape index (κ2) is 7.02. The van der Waals surface area contributed by atoms with Crippen LogP contribution in [0.15, 0.2) is 115 Å². The molecule has 0 aliphatic carbocycles. The highest BCUT2D eigenvalue weighted by molar-refractivity contribution is 7.28. The van der Waals surface area contributed by atoms with Crippen molar-refractivity contribution in [1.82, 2.24) is 0 Å². The molecule has 156 valence electrons. The van der Waals surface area contributed by atoms with E-state index in [4.69, 9.17) is 0 Å². The van der Waals surface area contributed by atoms with Gasteiger partial charge in [0.1, 0.15) is 0 Å². The molecular weight excluding hydrogens is 432 g/mol. The molecule has 7 rings (SSSR count). The second-order valence-corrected chi connectivity index (χ2v) is 13.7. The predicted octanol–water partition coefficient (Wildman–Crippen LogP) is 5.72. The van der Waals surface area contributed by atoms with E-state index in [0.717, 1.165) is 0 Å². The van der Waals surface area contributed by atoms with Gasteiger partial charge >= 0.3 is 0 Å². The fourth-order valence-electron chi connectivity index (χ4n) is 6.04. The van der Waals surface area contributed by atoms with E-state index >= 15 is 0 Å². The average molecular weight is 455 g/mol. The fourth-order valence-corrected chi connectivity index (χ4v) is 12.8. The highest BCUT2D eigenvalue weighted by Gasteiger charge is 2.50. The standard InChI is InChI=1S/C31H22SSi/c1-21-20-27-30(24-16-8-10-18-26(24)32-27)31-29(21)25-17-9-11-19-28(25)33(31,22-12-4-2-5-13-22)23-14-6-3-7-15-23/h2-20H,1H3. The minimum Gasteiger partial charge on any atom is -0.135 e. The van der Waals surface area contributed by atoms with E-state index in [-0.39, 0.29) is 0 Å². The molecular formula is C31H22SSi. The maximum atomic E-state index is 2.43. The van der Waals surface area contributed by atoms with Crippen LogP contribution in [-0.4, -0.2) is 8.07 Å². The normalized spacial score (nSPS) is 13.8. The SMILES string of the molecule is Cc1cc2sc3ccccc3c2c2c1-c1ccccc1[Si]2(c1ccccc1)c1ccccc1. The number of rotatable bonds is 2. The monoisotopic (exact) mass is 454 g/mol. The Bertz CT molecular complexity index is 1620. The summed E-state index contributed by atoms with van der Waals surface area (Å²) in [4.78, 5) is 0. The first-order valence-electron chi connectivity index (χ1n) is 11.5. The van der Waals surface area contributed by atoms with Crippen molar-refractivity contribution in [2.75, 3.05) is 0 Å². The molecule has 0 unspecified atom stereocenters. The molecule has 0 saturated carbocycles. The van der Waals surface area contributed by atoms with Crippen molar-refractivity contribution < 1.29 is 0 Å². The molecule has 0 fully saturated rings. The van der Waals surface area contributed by atoms with Crippen LogP contribution >= 0.6 is 11.3 Å². The fraction of sp³-hybridized carbons (Fsp3) is 0.0323. The Hall–Kier alpha value is -3.46. The first-order valence-corrected chi connectivity index (χ1v) is 14.3. The molecule has 0 saturated heterocycles. The smallest absolute Gasteiger partial charge is 0.135 e. The van der Waals surface area contributed by atoms with E-state index in [1.165, 1.54) is 52.4 Å². The summed E-state index contributed by atoms with van der Waals surface area (Å²) in [6.07, 6.45) is 0. The van der Waals surface area contributed by atoms with Gasteiger partial charge in [-0.25, -0.2) is 0 Å². The Labute approximate surface area is 198 Å². The summed E-state index contributed by atoms with van der Waals surface area (Å²) in [6.45, 7) is 2.31. The Balaban J connectivity index is 1.80. The molecule has 0 radical (unpaired) electrons. The van der Waals surface area contributed by atoms with Crippen molar-refractivity contribution in [3.63, 3.8) is 0 Å². The summed E-state index contributed by atoms with van der Waals surface area (Å²) in [6, 6.07) is 43.2. The Morgan fingerprint density at radius 1 is 0.606 bits per heavy atom. The lowest BCUT2D eigenvalue weighted by atomic mass is 9.98. The number of benzene rings is 5. The van der Waals surface area contributed by atoms with Crippen LogP contribution in [0.5, 0.6) is 0 Å². The molecule has 0 nitrogen and oxygen atoms in total. The van der Waals surface area contributed by atoms with Crippen molar-refractivity contribution in [1.29, 1.82) is 0 Å². The molecule has 1 aliphatic heterocycles. The zero-order chi connectivity index (χ0) is 22.0. The summed E-state index contributed by atoms with van der Waals surface area (Å²) in [7, 11) is -2.50. The lowest BCUT2D eigenvalue weighted by molar-refractivity contribution is 1.52. The topological polar surface area (TPSA) is 0 Å². The molecule has 0 amide bonds. The van der Waals surface area contributed by atoms with Crippen molar-refractivity contribution in [3.05, 3.63) is 121 Å². The van der Waals surface area contributed by atoms with E-state index in [2.05, 4.69) is 122 Å². The molecule has 1 aliphatic rings. The molecule has 2 heteroatoms. The molecule has 1 aromatic heterocycles. The van der Waals surface area contributed by atoms with E-state index in [1.54, 1.807) is 5.19 Å². The minimum absolute atomic E-state index is 1.38. The number of hydrogen-bond donors (Lipinski definition) is 0. The number of hydrogen-bond acceptors (Lipinski definition) is 1. The summed E-state index contributed by atoms with van der Waals surface area (Å²) in [5.74, 6) is 0. The van der Waals surface area contributed by atoms with E-state index < -0.39 is 8.07 Å². The van der Waals surface area contributed by atoms with Gasteiger partial charge in [0.05, 0.1) is 0 Å². The van der Waals surface area contributed by atoms with Crippen LogP contribution in [0.25, 0.3) is 31.3 Å². The van der Waals surface area contributed by atoms with Crippen LogP contribution in [0.2, 0.25) is 0 Å². The molecule has 0 spiro atoms. The lowest BCUT2D eigenvalue weighted by Gasteiger charge is -2.32. The molecule has 0 bridgehead atoms. The Morgan fingerprint density at radius 2 is 1.21 bits per heavy atom. The largest absolute Gasteiger partial charge is 0.181 e. The molecule has 6 aromatic rings. The Morgan fingerprint density at radius 3 is 1.94 bits per heavy atom. The Kier molecular flexibility index (Phi) is 4.05. The van der Waals surface area contributed by atoms with Gasteiger partial charge in [-0.15, -0.1) is 11.3 Å². The highest BCUT2D eigenvalue weighted by Crippen LogP contribution is 2.41. The van der Waals surface area contributed by atoms with Crippen LogP contribution in [0.3, 0.4) is 0 Å². The van der Waals surface area contributed by atoms with Gasteiger partial charge < -0.3 is 0 Å². The number of aryl methyl sites for hydroxylation is 1. The van der Waals surface area contributed by atoms with E-state index in [9.17, 15) is 0 Å². The van der Waals surface area contributed by atoms with Gasteiger partial charge in [-0.3, -0.25) is 0 Å². The number of fused-ring (bicyclic) bond motifs is 7. The van der Waals surface area contributed by atoms with E-state index in [1.807, 2.05) is 11.3 Å². The van der Waals surface area contributed by atoms with Gasteiger partial charge in [-0.2, -0.15) is 0 Å². The van der Waals surface area contributed by atoms with Gasteiger partial charge in [-0.1, -0.05) is 103 Å². The van der Waals surface area contributed by atoms with E-state index in [0.29, 0.717) is 0 Å². The predicted molar refractivity (Wildman–Crippen MR) is 147 cm³/mol. The van der Waals surface area contributed by atoms with Crippen LogP contribution in [-0.2, 0) is 0 Å². The quantitative estimate of drug-likeness (QED) is 0.293. The minimum atomic E-state index is -2.50. The van der Waals surface area contributed by atoms with Gasteiger partial charge in [0.25, 0.3) is 0 Å². The maximum Gasteiger partial charge on any atom is 0.181 e. The maximum absolute atomic E-state index is 2.50. The van der Waals surface area contributed by atoms with Crippen molar-refractivity contribution in [2.24, 2.45) is 0 Å². The van der Waals surface area contributed by atoms with Crippen LogP contribution < -0.4 is 20.7 Å². The van der Waals surface area contributed by atoms with Crippen molar-refractivity contribution >= 4 is 60.3 Å². The average Bonchev–Trinajstić information content (AvgIpc) is 3.39. The molecule has 0 atom stereocenters. The van der Waals surface area contributed by atoms with Crippen molar-refractivity contribution in [3.8, 4) is 11.1 Å². The van der Waals surface area contributed by atoms with Crippen LogP contribution in [0.1, 0.15) is 5.56 Å². The molecule has 2 heterocycles. The third-order valence-corrected chi connectivity index (χ3v) is 13.3. The molecule has 0 N–H and O–H groups in total. The number of thiophene rings is 1. The summed E-state index contributed by atoms with van der Waals surface area (Å²) in [5, 5.41) is 8.88. The summed E-state index contributed by atoms with van der Waals surface area (Å²) < 4.78 is 2.78.